The fraction of sp³-hybridized carbons (Fsp3) is 0.333. The van der Waals surface area contributed by atoms with Gasteiger partial charge in [-0.05, 0) is 0 Å². The van der Waals surface area contributed by atoms with Crippen LogP contribution in [0.5, 0.6) is 0 Å². The molecule has 0 saturated carbocycles. The Bertz CT molecular complexity index is 372. The molecule has 0 amide bonds. The minimum atomic E-state index is -5.15. The monoisotopic (exact) mass is 288 g/mol. The summed E-state index contributed by atoms with van der Waals surface area (Å²) in [5, 5.41) is -0.204. The third-order valence-electron chi connectivity index (χ3n) is 1.89. The lowest BCUT2D eigenvalue weighted by molar-refractivity contribution is -0.299. The Morgan fingerprint density at radius 3 is 2.06 bits per heavy atom. The molecule has 0 aliphatic rings. The summed E-state index contributed by atoms with van der Waals surface area (Å²) in [5.74, 6) is 0. The minimum absolute atomic E-state index is 0.204. The summed E-state index contributed by atoms with van der Waals surface area (Å²) < 4.78 is 73.6. The Kier molecular flexibility index (Phi) is 4.79. The molecule has 0 radical (unpaired) electrons. The number of benzene rings is 1. The van der Waals surface area contributed by atoms with E-state index in [1.807, 2.05) is 0 Å². The topological polar surface area (TPSA) is 27.7 Å². The molecule has 0 bridgehead atoms. The zero-order valence-electron chi connectivity index (χ0n) is 9.08. The van der Waals surface area contributed by atoms with E-state index in [9.17, 15) is 22.0 Å². The van der Waals surface area contributed by atoms with Crippen LogP contribution < -0.4 is 5.19 Å². The van der Waals surface area contributed by atoms with Crippen LogP contribution in [-0.2, 0) is 13.3 Å². The van der Waals surface area contributed by atoms with Crippen LogP contribution in [-0.4, -0.2) is 28.9 Å². The fourth-order valence-electron chi connectivity index (χ4n) is 1.27. The molecule has 3 nitrogen and oxygen atoms in total. The lowest BCUT2D eigenvalue weighted by Gasteiger charge is -2.28. The van der Waals surface area contributed by atoms with Crippen LogP contribution in [0.25, 0.3) is 0 Å². The maximum atomic E-state index is 12.3. The first kappa shape index (κ1) is 15.0. The summed E-state index contributed by atoms with van der Waals surface area (Å²) in [4.78, 5) is 0. The Hall–Kier alpha value is -1.03. The molecule has 1 unspecified atom stereocenters. The van der Waals surface area contributed by atoms with E-state index >= 15 is 0 Å². The standard InChI is InChI=1S/C9H9F5O3Si/c1-15-18(16-8(10)11,17-9(12,13)14)7-5-3-2-4-6-7/h2-6,8H,1H3. The second-order valence-electron chi connectivity index (χ2n) is 3.05. The highest BCUT2D eigenvalue weighted by Gasteiger charge is 2.54. The summed E-state index contributed by atoms with van der Waals surface area (Å²) in [7, 11) is -3.89. The molecule has 0 spiro atoms. The van der Waals surface area contributed by atoms with Crippen LogP contribution >= 0.6 is 0 Å². The summed E-state index contributed by atoms with van der Waals surface area (Å²) in [6.45, 7) is -3.45. The number of alkyl halides is 5. The Balaban J connectivity index is 3.14. The van der Waals surface area contributed by atoms with E-state index in [1.165, 1.54) is 30.3 Å². The van der Waals surface area contributed by atoms with Crippen molar-refractivity contribution in [2.75, 3.05) is 7.11 Å². The van der Waals surface area contributed by atoms with Crippen molar-refractivity contribution in [3.63, 3.8) is 0 Å². The van der Waals surface area contributed by atoms with Gasteiger partial charge in [0.05, 0.1) is 0 Å². The van der Waals surface area contributed by atoms with E-state index in [0.29, 0.717) is 0 Å². The fourth-order valence-corrected chi connectivity index (χ4v) is 3.13. The van der Waals surface area contributed by atoms with Gasteiger partial charge < -0.3 is 8.85 Å². The predicted molar refractivity (Wildman–Crippen MR) is 53.1 cm³/mol. The van der Waals surface area contributed by atoms with Gasteiger partial charge in [-0.25, -0.2) is 0 Å². The number of hydrogen-bond acceptors (Lipinski definition) is 3. The van der Waals surface area contributed by atoms with Gasteiger partial charge >= 0.3 is 21.8 Å². The third kappa shape index (κ3) is 4.01. The lowest BCUT2D eigenvalue weighted by Crippen LogP contribution is -2.59. The number of halogens is 5. The van der Waals surface area contributed by atoms with Crippen molar-refractivity contribution < 1.29 is 35.2 Å². The Morgan fingerprint density at radius 1 is 1.11 bits per heavy atom. The highest BCUT2D eigenvalue weighted by molar-refractivity contribution is 6.75. The van der Waals surface area contributed by atoms with Gasteiger partial charge in [-0.15, -0.1) is 13.2 Å². The molecule has 102 valence electrons. The maximum absolute atomic E-state index is 12.3. The van der Waals surface area contributed by atoms with Crippen LogP contribution in [0.3, 0.4) is 0 Å². The van der Waals surface area contributed by atoms with Crippen molar-refractivity contribution in [3.8, 4) is 0 Å². The van der Waals surface area contributed by atoms with E-state index in [4.69, 9.17) is 0 Å². The Morgan fingerprint density at radius 2 is 1.67 bits per heavy atom. The van der Waals surface area contributed by atoms with Gasteiger partial charge in [0, 0.05) is 12.3 Å². The van der Waals surface area contributed by atoms with Crippen LogP contribution in [0, 0.1) is 0 Å². The van der Waals surface area contributed by atoms with Crippen LogP contribution in [0.4, 0.5) is 22.0 Å². The van der Waals surface area contributed by atoms with Crippen LogP contribution in [0.1, 0.15) is 0 Å². The van der Waals surface area contributed by atoms with E-state index in [1.54, 1.807) is 0 Å². The van der Waals surface area contributed by atoms with E-state index in [0.717, 1.165) is 7.11 Å². The van der Waals surface area contributed by atoms with Gasteiger partial charge in [-0.1, -0.05) is 30.3 Å². The second kappa shape index (κ2) is 5.74. The van der Waals surface area contributed by atoms with Crippen LogP contribution in [0.15, 0.2) is 30.3 Å². The van der Waals surface area contributed by atoms with E-state index < -0.39 is 21.8 Å². The van der Waals surface area contributed by atoms with Crippen molar-refractivity contribution in [2.24, 2.45) is 0 Å². The zero-order chi connectivity index (χ0) is 13.8. The molecule has 0 aliphatic carbocycles. The summed E-state index contributed by atoms with van der Waals surface area (Å²) in [5.41, 5.74) is 0. The van der Waals surface area contributed by atoms with Gasteiger partial charge in [0.1, 0.15) is 0 Å². The third-order valence-corrected chi connectivity index (χ3v) is 4.46. The van der Waals surface area contributed by atoms with Crippen LogP contribution in [0.2, 0.25) is 0 Å². The molecular weight excluding hydrogens is 279 g/mol. The van der Waals surface area contributed by atoms with E-state index in [2.05, 4.69) is 13.3 Å². The van der Waals surface area contributed by atoms with Crippen molar-refractivity contribution in [3.05, 3.63) is 30.3 Å². The maximum Gasteiger partial charge on any atom is 0.547 e. The average Bonchev–Trinajstić information content (AvgIpc) is 2.26. The highest BCUT2D eigenvalue weighted by Crippen LogP contribution is 2.25. The quantitative estimate of drug-likeness (QED) is 0.614. The molecule has 0 heterocycles. The molecule has 0 aliphatic heterocycles. The lowest BCUT2D eigenvalue weighted by atomic mass is 10.4. The average molecular weight is 288 g/mol. The van der Waals surface area contributed by atoms with Gasteiger partial charge in [0.25, 0.3) is 0 Å². The number of hydrogen-bond donors (Lipinski definition) is 0. The van der Waals surface area contributed by atoms with Crippen molar-refractivity contribution >= 4 is 14.0 Å². The molecule has 1 aromatic carbocycles. The molecule has 0 N–H and O–H groups in total. The highest BCUT2D eigenvalue weighted by atomic mass is 28.4. The normalized spacial score (nSPS) is 15.7. The van der Waals surface area contributed by atoms with Gasteiger partial charge in [0.2, 0.25) is 0 Å². The Labute approximate surface area is 100 Å². The first-order valence-electron chi connectivity index (χ1n) is 4.62. The first-order chi connectivity index (χ1) is 8.29. The van der Waals surface area contributed by atoms with Gasteiger partial charge in [0.15, 0.2) is 0 Å². The predicted octanol–water partition coefficient (Wildman–Crippen LogP) is 2.25. The number of rotatable bonds is 5. The molecule has 1 rings (SSSR count). The summed E-state index contributed by atoms with van der Waals surface area (Å²) in [6.07, 6.45) is -5.15. The minimum Gasteiger partial charge on any atom is -0.373 e. The molecule has 18 heavy (non-hydrogen) atoms. The molecule has 9 heteroatoms. The second-order valence-corrected chi connectivity index (χ2v) is 5.59. The summed E-state index contributed by atoms with van der Waals surface area (Å²) in [6, 6.07) is 6.58. The smallest absolute Gasteiger partial charge is 0.373 e. The van der Waals surface area contributed by atoms with E-state index in [-0.39, 0.29) is 5.19 Å². The van der Waals surface area contributed by atoms with Gasteiger partial charge in [-0.3, -0.25) is 4.43 Å². The SMILES string of the molecule is CO[Si](OC(F)F)(OC(F)(F)F)c1ccccc1. The molecular formula is C9H9F5O3Si. The molecule has 0 fully saturated rings. The molecule has 1 aromatic rings. The molecule has 0 saturated heterocycles. The molecule has 1 atom stereocenters. The van der Waals surface area contributed by atoms with Crippen molar-refractivity contribution in [1.82, 2.24) is 0 Å². The molecule has 0 aromatic heterocycles. The van der Waals surface area contributed by atoms with Gasteiger partial charge in [-0.2, -0.15) is 8.78 Å². The van der Waals surface area contributed by atoms with Crippen molar-refractivity contribution in [1.29, 1.82) is 0 Å². The zero-order valence-corrected chi connectivity index (χ0v) is 10.1. The van der Waals surface area contributed by atoms with Crippen molar-refractivity contribution in [2.45, 2.75) is 13.0 Å². The first-order valence-corrected chi connectivity index (χ1v) is 6.35. The largest absolute Gasteiger partial charge is 0.547 e. The summed E-state index contributed by atoms with van der Waals surface area (Å²) >= 11 is 0.